The molecule has 1 fully saturated rings. The van der Waals surface area contributed by atoms with Gasteiger partial charge < -0.3 is 10.1 Å². The van der Waals surface area contributed by atoms with Crippen molar-refractivity contribution in [2.24, 2.45) is 0 Å². The highest BCUT2D eigenvalue weighted by molar-refractivity contribution is 6.30. The molecule has 0 aliphatic carbocycles. The van der Waals surface area contributed by atoms with Gasteiger partial charge in [-0.2, -0.15) is 0 Å². The van der Waals surface area contributed by atoms with Crippen LogP contribution in [0.3, 0.4) is 0 Å². The number of amides is 1. The lowest BCUT2D eigenvalue weighted by Crippen LogP contribution is -2.27. The van der Waals surface area contributed by atoms with Gasteiger partial charge in [0.2, 0.25) is 0 Å². The van der Waals surface area contributed by atoms with E-state index in [9.17, 15) is 4.79 Å². The van der Waals surface area contributed by atoms with Crippen LogP contribution in [0.2, 0.25) is 5.02 Å². The maximum Gasteiger partial charge on any atom is 0.251 e. The quantitative estimate of drug-likeness (QED) is 0.770. The molecular formula is C10H10ClNO2. The van der Waals surface area contributed by atoms with Crippen molar-refractivity contribution in [1.29, 1.82) is 0 Å². The van der Waals surface area contributed by atoms with E-state index in [2.05, 4.69) is 5.32 Å². The molecule has 1 amide bonds. The molecule has 0 saturated carbocycles. The molecule has 0 spiro atoms. The topological polar surface area (TPSA) is 41.6 Å². The van der Waals surface area contributed by atoms with Gasteiger partial charge in [-0.25, -0.2) is 0 Å². The first kappa shape index (κ1) is 9.49. The summed E-state index contributed by atoms with van der Waals surface area (Å²) in [6, 6.07) is 6.80. The Morgan fingerprint density at radius 1 is 1.50 bits per heavy atom. The lowest BCUT2D eigenvalue weighted by Gasteiger charge is -2.02. The van der Waals surface area contributed by atoms with E-state index in [-0.39, 0.29) is 12.0 Å². The Kier molecular flexibility index (Phi) is 2.70. The molecule has 4 heteroatoms. The first-order valence-electron chi connectivity index (χ1n) is 4.41. The number of nitrogens with one attached hydrogen (secondary N) is 1. The minimum absolute atomic E-state index is 0.0860. The largest absolute Gasteiger partial charge is 0.371 e. The molecule has 1 N–H and O–H groups in total. The van der Waals surface area contributed by atoms with E-state index in [0.717, 1.165) is 6.61 Å². The number of carbonyl (C=O) groups is 1. The monoisotopic (exact) mass is 211 g/mol. The van der Waals surface area contributed by atoms with Crippen molar-refractivity contribution in [2.45, 2.75) is 6.10 Å². The minimum atomic E-state index is -0.0860. The van der Waals surface area contributed by atoms with E-state index in [1.165, 1.54) is 0 Å². The van der Waals surface area contributed by atoms with Gasteiger partial charge in [0.1, 0.15) is 0 Å². The molecule has 2 rings (SSSR count). The van der Waals surface area contributed by atoms with E-state index in [1.54, 1.807) is 24.3 Å². The van der Waals surface area contributed by atoms with Gasteiger partial charge in [0.15, 0.2) is 0 Å². The second kappa shape index (κ2) is 3.98. The second-order valence-corrected chi connectivity index (χ2v) is 3.61. The Balaban J connectivity index is 1.92. The van der Waals surface area contributed by atoms with Crippen LogP contribution in [0.25, 0.3) is 0 Å². The summed E-state index contributed by atoms with van der Waals surface area (Å²) in [5.41, 5.74) is 0.620. The molecule has 1 aromatic carbocycles. The predicted molar refractivity (Wildman–Crippen MR) is 53.5 cm³/mol. The van der Waals surface area contributed by atoms with E-state index >= 15 is 0 Å². The SMILES string of the molecule is O=C(NC[C@H]1CO1)c1ccc(Cl)cc1. The number of halogens is 1. The zero-order valence-corrected chi connectivity index (χ0v) is 8.25. The maximum atomic E-state index is 11.5. The van der Waals surface area contributed by atoms with Crippen molar-refractivity contribution < 1.29 is 9.53 Å². The highest BCUT2D eigenvalue weighted by Crippen LogP contribution is 2.10. The summed E-state index contributed by atoms with van der Waals surface area (Å²) in [7, 11) is 0. The van der Waals surface area contributed by atoms with Gasteiger partial charge in [-0.15, -0.1) is 0 Å². The van der Waals surface area contributed by atoms with Crippen molar-refractivity contribution in [3.05, 3.63) is 34.9 Å². The third-order valence-corrected chi connectivity index (χ3v) is 2.25. The number of carbonyl (C=O) groups excluding carboxylic acids is 1. The lowest BCUT2D eigenvalue weighted by atomic mass is 10.2. The zero-order valence-electron chi connectivity index (χ0n) is 7.50. The number of benzene rings is 1. The van der Waals surface area contributed by atoms with Crippen LogP contribution in [0.15, 0.2) is 24.3 Å². The number of rotatable bonds is 3. The first-order valence-corrected chi connectivity index (χ1v) is 4.79. The zero-order chi connectivity index (χ0) is 9.97. The molecule has 1 atom stereocenters. The van der Waals surface area contributed by atoms with Crippen LogP contribution < -0.4 is 5.32 Å². The summed E-state index contributed by atoms with van der Waals surface area (Å²) in [6.07, 6.45) is 0.214. The van der Waals surface area contributed by atoms with Crippen molar-refractivity contribution in [1.82, 2.24) is 5.32 Å². The fourth-order valence-corrected chi connectivity index (χ4v) is 1.22. The van der Waals surface area contributed by atoms with Crippen LogP contribution in [-0.2, 0) is 4.74 Å². The van der Waals surface area contributed by atoms with Gasteiger partial charge >= 0.3 is 0 Å². The molecule has 0 bridgehead atoms. The smallest absolute Gasteiger partial charge is 0.251 e. The minimum Gasteiger partial charge on any atom is -0.371 e. The third-order valence-electron chi connectivity index (χ3n) is 2.00. The van der Waals surface area contributed by atoms with Crippen LogP contribution in [-0.4, -0.2) is 25.2 Å². The molecule has 0 unspecified atom stereocenters. The standard InChI is InChI=1S/C10H10ClNO2/c11-8-3-1-7(2-4-8)10(13)12-5-9-6-14-9/h1-4,9H,5-6H2,(H,12,13)/t9-/m0/s1. The molecule has 3 nitrogen and oxygen atoms in total. The number of epoxide rings is 1. The van der Waals surface area contributed by atoms with Gasteiger partial charge in [0, 0.05) is 17.1 Å². The highest BCUT2D eigenvalue weighted by Gasteiger charge is 2.22. The number of hydrogen-bond donors (Lipinski definition) is 1. The molecule has 0 radical (unpaired) electrons. The fraction of sp³-hybridized carbons (Fsp3) is 0.300. The van der Waals surface area contributed by atoms with E-state index in [1.807, 2.05) is 0 Å². The molecule has 0 aromatic heterocycles. The van der Waals surface area contributed by atoms with Crippen LogP contribution >= 0.6 is 11.6 Å². The Hall–Kier alpha value is -1.06. The lowest BCUT2D eigenvalue weighted by molar-refractivity contribution is 0.0950. The molecule has 14 heavy (non-hydrogen) atoms. The summed E-state index contributed by atoms with van der Waals surface area (Å²) < 4.78 is 4.98. The normalized spacial score (nSPS) is 19.1. The summed E-state index contributed by atoms with van der Waals surface area (Å²) in [6.45, 7) is 1.34. The van der Waals surface area contributed by atoms with Gasteiger partial charge in [-0.05, 0) is 24.3 Å². The molecular weight excluding hydrogens is 202 g/mol. The highest BCUT2D eigenvalue weighted by atomic mass is 35.5. The molecule has 1 saturated heterocycles. The number of ether oxygens (including phenoxy) is 1. The van der Waals surface area contributed by atoms with Gasteiger partial charge in [-0.3, -0.25) is 4.79 Å². The van der Waals surface area contributed by atoms with Crippen LogP contribution in [0.1, 0.15) is 10.4 Å². The van der Waals surface area contributed by atoms with E-state index in [0.29, 0.717) is 17.1 Å². The summed E-state index contributed by atoms with van der Waals surface area (Å²) in [5.74, 6) is -0.0860. The average Bonchev–Trinajstić information content (AvgIpc) is 2.99. The number of hydrogen-bond acceptors (Lipinski definition) is 2. The van der Waals surface area contributed by atoms with E-state index in [4.69, 9.17) is 16.3 Å². The van der Waals surface area contributed by atoms with Crippen molar-refractivity contribution in [3.8, 4) is 0 Å². The van der Waals surface area contributed by atoms with Crippen molar-refractivity contribution in [3.63, 3.8) is 0 Å². The summed E-state index contributed by atoms with van der Waals surface area (Å²) in [4.78, 5) is 11.5. The fourth-order valence-electron chi connectivity index (χ4n) is 1.10. The van der Waals surface area contributed by atoms with Crippen LogP contribution in [0.5, 0.6) is 0 Å². The Bertz CT molecular complexity index is 332. The molecule has 1 aromatic rings. The Labute approximate surface area is 87.0 Å². The Morgan fingerprint density at radius 2 is 2.14 bits per heavy atom. The predicted octanol–water partition coefficient (Wildman–Crippen LogP) is 1.47. The van der Waals surface area contributed by atoms with Crippen molar-refractivity contribution >= 4 is 17.5 Å². The second-order valence-electron chi connectivity index (χ2n) is 3.17. The summed E-state index contributed by atoms with van der Waals surface area (Å²) in [5, 5.41) is 3.40. The molecule has 1 heterocycles. The third kappa shape index (κ3) is 2.47. The molecule has 1 aliphatic rings. The average molecular weight is 212 g/mol. The van der Waals surface area contributed by atoms with Crippen molar-refractivity contribution in [2.75, 3.05) is 13.2 Å². The van der Waals surface area contributed by atoms with Crippen LogP contribution in [0, 0.1) is 0 Å². The Morgan fingerprint density at radius 3 is 2.71 bits per heavy atom. The van der Waals surface area contributed by atoms with Gasteiger partial charge in [0.05, 0.1) is 12.7 Å². The van der Waals surface area contributed by atoms with Crippen LogP contribution in [0.4, 0.5) is 0 Å². The molecule has 74 valence electrons. The molecule has 1 aliphatic heterocycles. The maximum absolute atomic E-state index is 11.5. The first-order chi connectivity index (χ1) is 6.75. The summed E-state index contributed by atoms with van der Waals surface area (Å²) >= 11 is 5.70. The van der Waals surface area contributed by atoms with E-state index < -0.39 is 0 Å². The van der Waals surface area contributed by atoms with Gasteiger partial charge in [0.25, 0.3) is 5.91 Å². The van der Waals surface area contributed by atoms with Gasteiger partial charge in [-0.1, -0.05) is 11.6 Å².